The largest absolute Gasteiger partial charge is 0.472 e. The first-order valence-corrected chi connectivity index (χ1v) is 54.1. The minimum Gasteiger partial charge on any atom is -0.463 e. The fraction of sp³-hybridized carbons (Fsp3) is 0.697. The zero-order chi connectivity index (χ0) is 92.1. The van der Waals surface area contributed by atoms with Crippen molar-refractivity contribution >= 4 is 33.6 Å². The first-order valence-electron chi connectivity index (χ1n) is 51.1. The van der Waals surface area contributed by atoms with E-state index in [2.05, 4.69) is 203 Å². The number of rotatable bonds is 96. The summed E-state index contributed by atoms with van der Waals surface area (Å²) in [5.41, 5.74) is 0. The molecule has 0 radical (unpaired) electrons. The molecule has 18 heteroatoms. The second-order valence-electron chi connectivity index (χ2n) is 33.9. The van der Waals surface area contributed by atoms with E-state index in [1.165, 1.54) is 186 Å². The molecule has 5 atom stereocenters. The fourth-order valence-corrected chi connectivity index (χ4v) is 15.5. The fourth-order valence-electron chi connectivity index (χ4n) is 13.9. The number of hydrogen-bond acceptors (Lipinski definition) is 14. The second-order valence-corrected chi connectivity index (χ2v) is 36.8. The van der Waals surface area contributed by atoms with E-state index in [4.69, 9.17) is 32.3 Å². The third-order valence-corrected chi connectivity index (χ3v) is 23.5. The summed E-state index contributed by atoms with van der Waals surface area (Å²) < 4.78 is 61.7. The molecule has 0 saturated heterocycles. The van der Waals surface area contributed by atoms with E-state index in [-0.39, 0.29) is 19.3 Å². The average molecular weight is 1810 g/mol. The van der Waals surface area contributed by atoms with Crippen LogP contribution < -0.4 is 0 Å². The predicted octanol–water partition coefficient (Wildman–Crippen LogP) is 32.3. The standard InChI is InChI=1S/C109H186O16P2/c1-4-7-10-13-16-19-22-25-28-31-34-37-40-43-46-48-49-50-51-52-53-55-58-59-62-65-68-71-74-77-80-83-86-89-92-95-107(112)119-98-104(110)99-121-126(115,116)122-100-105(111)101-123-127(117,118)124-103-106(125-109(114)97-94-91-88-85-82-79-76-73-70-67-64-61-56-45-42-39-36-33-30-27-24-21-18-15-12-9-6-3)102-120-108(113)96-93-90-87-84-81-78-75-72-69-66-63-60-57-54-47-44-41-38-35-32-29-26-23-20-17-14-11-8-5-2/h7,9-10,12,16-21,25-30,34-39,43-47,56,64,67,104-106,110-111H,4-6,8,11,13-15,22-24,31-33,40-42,48-55,57-63,65-66,68-103H2,1-3H3,(H,115,116)(H,117,118)/b10-7-,12-9-,19-16-,20-17-,21-18-,28-25-,29-26-,30-27-,37-34-,38-35-,39-36-,46-43-,47-44-,56-45-,67-64-. The summed E-state index contributed by atoms with van der Waals surface area (Å²) in [6.07, 6.45) is 132. The van der Waals surface area contributed by atoms with Crippen molar-refractivity contribution in [3.05, 3.63) is 182 Å². The maximum Gasteiger partial charge on any atom is 0.472 e. The highest BCUT2D eigenvalue weighted by Crippen LogP contribution is 2.45. The Morgan fingerprint density at radius 3 is 0.661 bits per heavy atom. The molecule has 0 aromatic carbocycles. The van der Waals surface area contributed by atoms with Crippen LogP contribution in [0.25, 0.3) is 0 Å². The molecule has 0 heterocycles. The van der Waals surface area contributed by atoms with Gasteiger partial charge in [0.1, 0.15) is 25.4 Å². The number of unbranched alkanes of at least 4 members (excludes halogenated alkanes) is 43. The molecule has 5 unspecified atom stereocenters. The van der Waals surface area contributed by atoms with Gasteiger partial charge in [0.05, 0.1) is 26.4 Å². The lowest BCUT2D eigenvalue weighted by atomic mass is 10.0. The lowest BCUT2D eigenvalue weighted by Gasteiger charge is -2.21. The van der Waals surface area contributed by atoms with Crippen LogP contribution in [0.1, 0.15) is 432 Å². The van der Waals surface area contributed by atoms with Crippen LogP contribution in [0.3, 0.4) is 0 Å². The Morgan fingerprint density at radius 1 is 0.228 bits per heavy atom. The highest BCUT2D eigenvalue weighted by atomic mass is 31.2. The van der Waals surface area contributed by atoms with Crippen LogP contribution in [0, 0.1) is 0 Å². The van der Waals surface area contributed by atoms with E-state index in [1.807, 2.05) is 0 Å². The molecular weight excluding hydrogens is 1630 g/mol. The molecule has 0 aliphatic carbocycles. The van der Waals surface area contributed by atoms with Crippen LogP contribution in [0.4, 0.5) is 0 Å². The van der Waals surface area contributed by atoms with Gasteiger partial charge in [0.2, 0.25) is 0 Å². The average Bonchev–Trinajstić information content (AvgIpc) is 0.897. The van der Waals surface area contributed by atoms with Gasteiger partial charge in [-0.15, -0.1) is 0 Å². The number of ether oxygens (including phenoxy) is 3. The van der Waals surface area contributed by atoms with Gasteiger partial charge in [-0.25, -0.2) is 9.13 Å². The zero-order valence-electron chi connectivity index (χ0n) is 80.6. The van der Waals surface area contributed by atoms with Gasteiger partial charge in [-0.3, -0.25) is 32.5 Å². The van der Waals surface area contributed by atoms with E-state index in [1.54, 1.807) is 0 Å². The molecular formula is C109H186O16P2. The molecule has 0 aliphatic heterocycles. The van der Waals surface area contributed by atoms with Gasteiger partial charge in [0.15, 0.2) is 6.10 Å². The summed E-state index contributed by atoms with van der Waals surface area (Å²) in [5.74, 6) is -1.57. The molecule has 0 aromatic heterocycles. The number of hydrogen-bond donors (Lipinski definition) is 4. The molecule has 0 fully saturated rings. The molecule has 0 spiro atoms. The predicted molar refractivity (Wildman–Crippen MR) is 537 cm³/mol. The lowest BCUT2D eigenvalue weighted by Crippen LogP contribution is -2.30. The molecule has 0 aromatic rings. The molecule has 0 saturated carbocycles. The van der Waals surface area contributed by atoms with Crippen molar-refractivity contribution < 1.29 is 75.8 Å². The third-order valence-electron chi connectivity index (χ3n) is 21.6. The summed E-state index contributed by atoms with van der Waals surface area (Å²) in [4.78, 5) is 59.2. The number of phosphoric ester groups is 2. The quantitative estimate of drug-likeness (QED) is 0.0146. The highest BCUT2D eigenvalue weighted by molar-refractivity contribution is 7.47. The van der Waals surface area contributed by atoms with Gasteiger partial charge in [-0.2, -0.15) is 0 Å². The van der Waals surface area contributed by atoms with Gasteiger partial charge >= 0.3 is 33.6 Å². The Kier molecular flexibility index (Phi) is 95.5. The number of allylic oxidation sites excluding steroid dienone is 30. The SMILES string of the molecule is CC/C=C\C/C=C\C/C=C\C/C=C\C/C=C\C/C=C\CCCCCCCCCCC(=O)OC(COC(=O)CCCCCCCCCCCCCCC/C=C\C/C=C\C/C=C\C/C=C\CCCCC)COP(=O)(O)OCC(O)COP(=O)(O)OCC(O)COC(=O)CCCCCCCCCCCCCCCCCCCCC/C=C\C/C=C\C/C=C\C/C=C\C/C=C\CC. The molecule has 0 bridgehead atoms. The number of carbonyl (C=O) groups excluding carboxylic acids is 3. The van der Waals surface area contributed by atoms with E-state index < -0.39 is 91.5 Å². The van der Waals surface area contributed by atoms with E-state index in [0.717, 1.165) is 186 Å². The minimum atomic E-state index is -4.95. The van der Waals surface area contributed by atoms with Crippen molar-refractivity contribution in [2.75, 3.05) is 39.6 Å². The van der Waals surface area contributed by atoms with Crippen molar-refractivity contribution in [3.8, 4) is 0 Å². The van der Waals surface area contributed by atoms with Gasteiger partial charge in [-0.1, -0.05) is 434 Å². The smallest absolute Gasteiger partial charge is 0.463 e. The molecule has 127 heavy (non-hydrogen) atoms. The number of carbonyl (C=O) groups is 3. The number of aliphatic hydroxyl groups excluding tert-OH is 2. The Balaban J connectivity index is 4.59. The van der Waals surface area contributed by atoms with Crippen LogP contribution in [0.5, 0.6) is 0 Å². The normalized spacial score (nSPS) is 14.4. The maximum absolute atomic E-state index is 13.1. The molecule has 728 valence electrons. The van der Waals surface area contributed by atoms with Crippen molar-refractivity contribution in [1.82, 2.24) is 0 Å². The minimum absolute atomic E-state index is 0.0898. The van der Waals surface area contributed by atoms with Crippen LogP contribution in [0.15, 0.2) is 182 Å². The number of aliphatic hydroxyl groups is 2. The van der Waals surface area contributed by atoms with Gasteiger partial charge in [-0.05, 0) is 161 Å². The summed E-state index contributed by atoms with van der Waals surface area (Å²) in [7, 11) is -9.82. The second kappa shape index (κ2) is 99.7. The van der Waals surface area contributed by atoms with Gasteiger partial charge in [0.25, 0.3) is 0 Å². The Labute approximate surface area is 776 Å². The van der Waals surface area contributed by atoms with Crippen molar-refractivity contribution in [1.29, 1.82) is 0 Å². The molecule has 0 aliphatic rings. The van der Waals surface area contributed by atoms with E-state index in [0.29, 0.717) is 19.3 Å². The first-order chi connectivity index (χ1) is 62.2. The van der Waals surface area contributed by atoms with Crippen molar-refractivity contribution in [2.45, 2.75) is 450 Å². The Bertz CT molecular complexity index is 3040. The van der Waals surface area contributed by atoms with Crippen molar-refractivity contribution in [3.63, 3.8) is 0 Å². The molecule has 4 N–H and O–H groups in total. The number of phosphoric acid groups is 2. The monoisotopic (exact) mass is 1810 g/mol. The zero-order valence-corrected chi connectivity index (χ0v) is 82.4. The Hall–Kier alpha value is -5.35. The van der Waals surface area contributed by atoms with Crippen LogP contribution in [0.2, 0.25) is 0 Å². The molecule has 0 rings (SSSR count). The van der Waals surface area contributed by atoms with Crippen LogP contribution >= 0.6 is 15.6 Å². The summed E-state index contributed by atoms with van der Waals surface area (Å²) in [6, 6.07) is 0. The van der Waals surface area contributed by atoms with Crippen LogP contribution in [-0.4, -0.2) is 95.9 Å². The Morgan fingerprint density at radius 2 is 0.417 bits per heavy atom. The highest BCUT2D eigenvalue weighted by Gasteiger charge is 2.30. The summed E-state index contributed by atoms with van der Waals surface area (Å²) in [6.45, 7) is 2.48. The lowest BCUT2D eigenvalue weighted by molar-refractivity contribution is -0.161. The maximum atomic E-state index is 13.1. The summed E-state index contributed by atoms with van der Waals surface area (Å²) >= 11 is 0. The van der Waals surface area contributed by atoms with Gasteiger partial charge in [0, 0.05) is 19.3 Å². The van der Waals surface area contributed by atoms with E-state index in [9.17, 15) is 43.5 Å². The molecule has 16 nitrogen and oxygen atoms in total. The van der Waals surface area contributed by atoms with Crippen molar-refractivity contribution in [2.24, 2.45) is 0 Å². The van der Waals surface area contributed by atoms with Crippen LogP contribution in [-0.2, 0) is 55.8 Å². The van der Waals surface area contributed by atoms with E-state index >= 15 is 0 Å². The topological polar surface area (TPSA) is 231 Å². The summed E-state index contributed by atoms with van der Waals surface area (Å²) in [5, 5.41) is 20.8. The third kappa shape index (κ3) is 101. The molecule has 0 amide bonds. The first kappa shape index (κ1) is 122. The van der Waals surface area contributed by atoms with Gasteiger partial charge < -0.3 is 34.2 Å². The number of esters is 3.